The monoisotopic (exact) mass is 458 g/mol. The Bertz CT molecular complexity index is 925. The molecule has 4 nitrogen and oxygen atoms in total. The van der Waals surface area contributed by atoms with E-state index in [-0.39, 0.29) is 12.1 Å². The van der Waals surface area contributed by atoms with Crippen LogP contribution in [0.5, 0.6) is 11.5 Å². The lowest BCUT2D eigenvalue weighted by Gasteiger charge is -2.37. The summed E-state index contributed by atoms with van der Waals surface area (Å²) in [5.41, 5.74) is 4.60. The molecule has 1 heterocycles. The fraction of sp³-hybridized carbons (Fsp3) is 0.400. The fourth-order valence-corrected chi connectivity index (χ4v) is 4.47. The first-order valence-electron chi connectivity index (χ1n) is 12.9. The van der Waals surface area contributed by atoms with Crippen molar-refractivity contribution in [3.05, 3.63) is 83.9 Å². The highest BCUT2D eigenvalue weighted by Gasteiger charge is 2.31. The van der Waals surface area contributed by atoms with Crippen molar-refractivity contribution >= 4 is 11.4 Å². The molecule has 0 amide bonds. The minimum atomic E-state index is 0.0976. The minimum absolute atomic E-state index is 0.0976. The van der Waals surface area contributed by atoms with E-state index in [1.165, 1.54) is 36.8 Å². The highest BCUT2D eigenvalue weighted by Crippen LogP contribution is 2.46. The van der Waals surface area contributed by atoms with Gasteiger partial charge in [0, 0.05) is 12.1 Å². The summed E-state index contributed by atoms with van der Waals surface area (Å²) < 4.78 is 12.4. The summed E-state index contributed by atoms with van der Waals surface area (Å²) in [5, 5.41) is 7.62. The highest BCUT2D eigenvalue weighted by molar-refractivity contribution is 5.77. The summed E-state index contributed by atoms with van der Waals surface area (Å²) in [7, 11) is 0. The Labute approximate surface area is 204 Å². The third kappa shape index (κ3) is 6.05. The molecule has 2 atom stereocenters. The summed E-state index contributed by atoms with van der Waals surface area (Å²) in [6.45, 7) is 5.84. The van der Waals surface area contributed by atoms with Gasteiger partial charge in [-0.1, -0.05) is 100 Å². The van der Waals surface area contributed by atoms with Crippen LogP contribution in [-0.4, -0.2) is 13.2 Å². The predicted molar refractivity (Wildman–Crippen MR) is 142 cm³/mol. The molecule has 2 N–H and O–H groups in total. The normalized spacial score (nSPS) is 16.8. The molecule has 3 aromatic rings. The lowest BCUT2D eigenvalue weighted by atomic mass is 9.90. The largest absolute Gasteiger partial charge is 0.490 e. The van der Waals surface area contributed by atoms with Crippen LogP contribution >= 0.6 is 0 Å². The second-order valence-electron chi connectivity index (χ2n) is 9.02. The van der Waals surface area contributed by atoms with Crippen LogP contribution in [0.3, 0.4) is 0 Å². The summed E-state index contributed by atoms with van der Waals surface area (Å²) in [6, 6.07) is 25.7. The molecule has 0 saturated heterocycles. The number of benzene rings is 3. The molecule has 3 aromatic carbocycles. The van der Waals surface area contributed by atoms with Gasteiger partial charge in [-0.15, -0.1) is 0 Å². The first kappa shape index (κ1) is 24.0. The molecule has 0 aliphatic carbocycles. The molecule has 4 rings (SSSR count). The molecular weight excluding hydrogens is 420 g/mol. The molecule has 0 aromatic heterocycles. The molecule has 0 spiro atoms. The van der Waals surface area contributed by atoms with Gasteiger partial charge in [0.1, 0.15) is 0 Å². The zero-order valence-corrected chi connectivity index (χ0v) is 20.6. The molecular formula is C30H38N2O2. The molecule has 0 bridgehead atoms. The van der Waals surface area contributed by atoms with E-state index in [0.29, 0.717) is 13.2 Å². The summed E-state index contributed by atoms with van der Waals surface area (Å²) in [4.78, 5) is 0. The number of hydrogen-bond donors (Lipinski definition) is 2. The summed E-state index contributed by atoms with van der Waals surface area (Å²) >= 11 is 0. The Balaban J connectivity index is 1.64. The van der Waals surface area contributed by atoms with E-state index in [9.17, 15) is 0 Å². The maximum absolute atomic E-state index is 6.22. The Morgan fingerprint density at radius 3 is 1.38 bits per heavy atom. The van der Waals surface area contributed by atoms with Gasteiger partial charge in [0.25, 0.3) is 0 Å². The molecule has 4 heteroatoms. The van der Waals surface area contributed by atoms with Crippen LogP contribution in [0.4, 0.5) is 11.4 Å². The average molecular weight is 459 g/mol. The van der Waals surface area contributed by atoms with Crippen molar-refractivity contribution in [2.45, 2.75) is 64.5 Å². The molecule has 0 fully saturated rings. The van der Waals surface area contributed by atoms with Gasteiger partial charge in [0.05, 0.1) is 36.7 Å². The van der Waals surface area contributed by atoms with Crippen molar-refractivity contribution in [3.63, 3.8) is 0 Å². The van der Waals surface area contributed by atoms with Crippen LogP contribution in [-0.2, 0) is 0 Å². The number of fused-ring (bicyclic) bond motifs is 1. The number of unbranched alkanes of at least 4 members (excludes halogenated alkanes) is 4. The first-order chi connectivity index (χ1) is 16.8. The van der Waals surface area contributed by atoms with Crippen LogP contribution in [0.2, 0.25) is 0 Å². The van der Waals surface area contributed by atoms with Gasteiger partial charge in [-0.3, -0.25) is 0 Å². The van der Waals surface area contributed by atoms with Crippen LogP contribution < -0.4 is 20.1 Å². The summed E-state index contributed by atoms with van der Waals surface area (Å²) in [5.74, 6) is 1.65. The molecule has 0 saturated carbocycles. The van der Waals surface area contributed by atoms with E-state index in [1.54, 1.807) is 0 Å². The third-order valence-electron chi connectivity index (χ3n) is 6.37. The topological polar surface area (TPSA) is 42.5 Å². The summed E-state index contributed by atoms with van der Waals surface area (Å²) in [6.07, 6.45) is 6.81. The van der Waals surface area contributed by atoms with Gasteiger partial charge < -0.3 is 20.1 Å². The van der Waals surface area contributed by atoms with E-state index < -0.39 is 0 Å². The van der Waals surface area contributed by atoms with Crippen molar-refractivity contribution in [2.75, 3.05) is 23.8 Å². The van der Waals surface area contributed by atoms with Crippen LogP contribution in [0.15, 0.2) is 72.8 Å². The SMILES string of the molecule is CCCCCOc1cc2c(cc1OCCCCC)NC(c1ccccc1)C(c1ccccc1)N2. The van der Waals surface area contributed by atoms with Crippen molar-refractivity contribution in [2.24, 2.45) is 0 Å². The lowest BCUT2D eigenvalue weighted by molar-refractivity contribution is 0.260. The first-order valence-corrected chi connectivity index (χ1v) is 12.9. The number of anilines is 2. The number of rotatable bonds is 12. The van der Waals surface area contributed by atoms with Crippen LogP contribution in [0.1, 0.15) is 75.6 Å². The van der Waals surface area contributed by atoms with Crippen LogP contribution in [0.25, 0.3) is 0 Å². The lowest BCUT2D eigenvalue weighted by Crippen LogP contribution is -2.30. The zero-order chi connectivity index (χ0) is 23.6. The van der Waals surface area contributed by atoms with Crippen molar-refractivity contribution < 1.29 is 9.47 Å². The Hall–Kier alpha value is -3.14. The van der Waals surface area contributed by atoms with Gasteiger partial charge >= 0.3 is 0 Å². The highest BCUT2D eigenvalue weighted by atomic mass is 16.5. The van der Waals surface area contributed by atoms with Crippen LogP contribution in [0, 0.1) is 0 Å². The van der Waals surface area contributed by atoms with Gasteiger partial charge in [0.2, 0.25) is 0 Å². The van der Waals surface area contributed by atoms with E-state index in [1.807, 2.05) is 0 Å². The number of nitrogens with one attached hydrogen (secondary N) is 2. The molecule has 34 heavy (non-hydrogen) atoms. The maximum atomic E-state index is 6.22. The smallest absolute Gasteiger partial charge is 0.163 e. The van der Waals surface area contributed by atoms with E-state index >= 15 is 0 Å². The van der Waals surface area contributed by atoms with Gasteiger partial charge in [-0.25, -0.2) is 0 Å². The number of ether oxygens (including phenoxy) is 2. The van der Waals surface area contributed by atoms with E-state index in [2.05, 4.69) is 97.3 Å². The zero-order valence-electron chi connectivity index (χ0n) is 20.6. The van der Waals surface area contributed by atoms with Gasteiger partial charge in [-0.2, -0.15) is 0 Å². The second-order valence-corrected chi connectivity index (χ2v) is 9.02. The van der Waals surface area contributed by atoms with Gasteiger partial charge in [-0.05, 0) is 24.0 Å². The second kappa shape index (κ2) is 12.4. The standard InChI is InChI=1S/C30H38N2O2/c1-3-5-13-19-33-27-21-25-26(22-28(27)34-20-14-6-4-2)32-30(24-17-11-8-12-18-24)29(31-25)23-15-9-7-10-16-23/h7-12,15-18,21-22,29-32H,3-6,13-14,19-20H2,1-2H3. The van der Waals surface area contributed by atoms with E-state index in [4.69, 9.17) is 9.47 Å². The minimum Gasteiger partial charge on any atom is -0.490 e. The molecule has 1 aliphatic heterocycles. The Morgan fingerprint density at radius 1 is 0.588 bits per heavy atom. The quantitative estimate of drug-likeness (QED) is 0.269. The van der Waals surface area contributed by atoms with Crippen molar-refractivity contribution in [1.82, 2.24) is 0 Å². The fourth-order valence-electron chi connectivity index (χ4n) is 4.47. The van der Waals surface area contributed by atoms with Gasteiger partial charge in [0.15, 0.2) is 11.5 Å². The molecule has 2 unspecified atom stereocenters. The molecule has 180 valence electrons. The van der Waals surface area contributed by atoms with Crippen molar-refractivity contribution in [1.29, 1.82) is 0 Å². The van der Waals surface area contributed by atoms with Crippen molar-refractivity contribution in [3.8, 4) is 11.5 Å². The van der Waals surface area contributed by atoms with E-state index in [0.717, 1.165) is 35.7 Å². The Morgan fingerprint density at radius 2 is 1.00 bits per heavy atom. The Kier molecular flexibility index (Phi) is 8.72. The number of hydrogen-bond acceptors (Lipinski definition) is 4. The third-order valence-corrected chi connectivity index (χ3v) is 6.37. The molecule has 0 radical (unpaired) electrons. The predicted octanol–water partition coefficient (Wildman–Crippen LogP) is 8.14. The maximum Gasteiger partial charge on any atom is 0.163 e. The average Bonchev–Trinajstić information content (AvgIpc) is 2.89. The molecule has 1 aliphatic rings.